The van der Waals surface area contributed by atoms with Crippen LogP contribution >= 0.6 is 0 Å². The van der Waals surface area contributed by atoms with E-state index in [0.717, 1.165) is 12.8 Å². The second-order valence-electron chi connectivity index (χ2n) is 9.96. The number of benzene rings is 1. The van der Waals surface area contributed by atoms with Gasteiger partial charge in [-0.05, 0) is 38.3 Å². The first kappa shape index (κ1) is 30.3. The number of rotatable bonds is 11. The predicted molar refractivity (Wildman–Crippen MR) is 148 cm³/mol. The highest BCUT2D eigenvalue weighted by Gasteiger charge is 2.32. The molecule has 2 saturated heterocycles. The number of hydrogen-bond donors (Lipinski definition) is 2. The monoisotopic (exact) mass is 584 g/mol. The Balaban J connectivity index is 1.48. The number of carboxylic acids is 1. The molecule has 1 unspecified atom stereocenters. The lowest BCUT2D eigenvalue weighted by Crippen LogP contribution is -2.56. The number of ether oxygens (including phenoxy) is 2. The fourth-order valence-corrected chi connectivity index (χ4v) is 4.83. The van der Waals surface area contributed by atoms with Crippen LogP contribution < -0.4 is 10.1 Å². The Morgan fingerprint density at radius 2 is 1.62 bits per heavy atom. The van der Waals surface area contributed by atoms with Gasteiger partial charge in [0, 0.05) is 51.8 Å². The summed E-state index contributed by atoms with van der Waals surface area (Å²) in [6, 6.07) is 9.18. The Labute approximate surface area is 243 Å². The predicted octanol–water partition coefficient (Wildman–Crippen LogP) is 1.14. The van der Waals surface area contributed by atoms with Crippen molar-refractivity contribution >= 4 is 29.8 Å². The summed E-state index contributed by atoms with van der Waals surface area (Å²) in [5.41, 5.74) is 0.529. The van der Waals surface area contributed by atoms with E-state index in [0.29, 0.717) is 18.8 Å². The first-order chi connectivity index (χ1) is 20.3. The Morgan fingerprint density at radius 3 is 2.26 bits per heavy atom. The smallest absolute Gasteiger partial charge is 0.409 e. The third kappa shape index (κ3) is 7.77. The molecule has 3 heterocycles. The zero-order valence-electron chi connectivity index (χ0n) is 23.6. The maximum atomic E-state index is 13.4. The molecule has 0 spiro atoms. The van der Waals surface area contributed by atoms with Crippen molar-refractivity contribution < 1.29 is 38.6 Å². The fourth-order valence-electron chi connectivity index (χ4n) is 4.83. The first-order valence-corrected chi connectivity index (χ1v) is 14.1. The van der Waals surface area contributed by atoms with Crippen LogP contribution in [0.1, 0.15) is 43.1 Å². The standard InChI is InChI=1S/C28H36N6O8/c1-2-41-28(40)33-16-14-32(15-17-33)27(39)21(10-11-25(36)37)29-26(38)22-18-24(34(30-22)20-8-4-3-5-9-20)42-19-23(35)31-12-6-7-13-31/h3-5,8-9,18,21H,2,6-7,10-17,19H2,1H3,(H,29,38)(H,36,37). The Kier molecular flexibility index (Phi) is 10.3. The van der Waals surface area contributed by atoms with E-state index < -0.39 is 29.9 Å². The van der Waals surface area contributed by atoms with Gasteiger partial charge in [-0.3, -0.25) is 19.2 Å². The van der Waals surface area contributed by atoms with Crippen LogP contribution in [0.5, 0.6) is 5.88 Å². The third-order valence-electron chi connectivity index (χ3n) is 7.08. The van der Waals surface area contributed by atoms with E-state index in [1.165, 1.54) is 20.5 Å². The van der Waals surface area contributed by atoms with Crippen LogP contribution in [-0.4, -0.2) is 118 Å². The molecule has 226 valence electrons. The molecule has 42 heavy (non-hydrogen) atoms. The minimum Gasteiger partial charge on any atom is -0.481 e. The molecule has 14 heteroatoms. The molecule has 2 aliphatic heterocycles. The lowest BCUT2D eigenvalue weighted by molar-refractivity contribution is -0.138. The topological polar surface area (TPSA) is 164 Å². The van der Waals surface area contributed by atoms with E-state index in [4.69, 9.17) is 9.47 Å². The van der Waals surface area contributed by atoms with Gasteiger partial charge in [0.2, 0.25) is 11.8 Å². The number of nitrogens with zero attached hydrogens (tertiary/aromatic N) is 5. The highest BCUT2D eigenvalue weighted by Crippen LogP contribution is 2.21. The Bertz CT molecular complexity index is 1270. The quantitative estimate of drug-likeness (QED) is 0.394. The summed E-state index contributed by atoms with van der Waals surface area (Å²) in [6.45, 7) is 4.00. The van der Waals surface area contributed by atoms with Crippen molar-refractivity contribution in [2.24, 2.45) is 0 Å². The van der Waals surface area contributed by atoms with Crippen LogP contribution in [0.15, 0.2) is 36.4 Å². The minimum atomic E-state index is -1.13. The van der Waals surface area contributed by atoms with Crippen molar-refractivity contribution in [3.05, 3.63) is 42.1 Å². The first-order valence-electron chi connectivity index (χ1n) is 14.1. The molecule has 4 amide bonds. The van der Waals surface area contributed by atoms with Crippen LogP contribution in [0, 0.1) is 0 Å². The SMILES string of the molecule is CCOC(=O)N1CCN(C(=O)C(CCC(=O)O)NC(=O)c2cc(OCC(=O)N3CCCC3)n(-c3ccccc3)n2)CC1. The van der Waals surface area contributed by atoms with E-state index >= 15 is 0 Å². The summed E-state index contributed by atoms with van der Waals surface area (Å²) in [4.78, 5) is 67.3. The van der Waals surface area contributed by atoms with Crippen LogP contribution in [-0.2, 0) is 19.1 Å². The molecular formula is C28H36N6O8. The molecule has 2 aliphatic rings. The molecule has 0 bridgehead atoms. The zero-order chi connectivity index (χ0) is 30.1. The summed E-state index contributed by atoms with van der Waals surface area (Å²) in [6.07, 6.45) is 0.951. The van der Waals surface area contributed by atoms with Crippen LogP contribution in [0.3, 0.4) is 0 Å². The molecule has 0 saturated carbocycles. The number of aliphatic carboxylic acids is 1. The van der Waals surface area contributed by atoms with Gasteiger partial charge in [-0.2, -0.15) is 5.10 Å². The number of para-hydroxylation sites is 1. The average Bonchev–Trinajstić information content (AvgIpc) is 3.69. The Morgan fingerprint density at radius 1 is 0.952 bits per heavy atom. The molecular weight excluding hydrogens is 548 g/mol. The fraction of sp³-hybridized carbons (Fsp3) is 0.500. The van der Waals surface area contributed by atoms with E-state index in [1.54, 1.807) is 36.1 Å². The highest BCUT2D eigenvalue weighted by molar-refractivity contribution is 5.96. The zero-order valence-corrected chi connectivity index (χ0v) is 23.6. The number of nitrogens with one attached hydrogen (secondary N) is 1. The van der Waals surface area contributed by atoms with Gasteiger partial charge >= 0.3 is 12.1 Å². The van der Waals surface area contributed by atoms with Crippen molar-refractivity contribution in [1.82, 2.24) is 29.8 Å². The van der Waals surface area contributed by atoms with Crippen molar-refractivity contribution in [2.45, 2.75) is 38.6 Å². The number of aromatic nitrogens is 2. The van der Waals surface area contributed by atoms with Gasteiger partial charge in [-0.15, -0.1) is 0 Å². The van der Waals surface area contributed by atoms with E-state index in [-0.39, 0.29) is 69.7 Å². The van der Waals surface area contributed by atoms with Crippen LogP contribution in [0.25, 0.3) is 5.69 Å². The number of piperazine rings is 1. The molecule has 14 nitrogen and oxygen atoms in total. The van der Waals surface area contributed by atoms with Crippen molar-refractivity contribution in [2.75, 3.05) is 52.5 Å². The second kappa shape index (κ2) is 14.3. The van der Waals surface area contributed by atoms with Gasteiger partial charge in [0.05, 0.1) is 12.3 Å². The Hall–Kier alpha value is -4.62. The van der Waals surface area contributed by atoms with Crippen molar-refractivity contribution in [1.29, 1.82) is 0 Å². The number of carbonyl (C=O) groups excluding carboxylic acids is 4. The van der Waals surface area contributed by atoms with Gasteiger partial charge in [0.1, 0.15) is 6.04 Å². The van der Waals surface area contributed by atoms with E-state index in [2.05, 4.69) is 10.4 Å². The maximum absolute atomic E-state index is 13.4. The minimum absolute atomic E-state index is 0.0669. The molecule has 2 aromatic rings. The number of carboxylic acid groups (broad SMARTS) is 1. The number of carbonyl (C=O) groups is 5. The van der Waals surface area contributed by atoms with Gasteiger partial charge in [0.25, 0.3) is 11.8 Å². The molecule has 2 N–H and O–H groups in total. The van der Waals surface area contributed by atoms with Crippen LogP contribution in [0.2, 0.25) is 0 Å². The van der Waals surface area contributed by atoms with Gasteiger partial charge in [-0.1, -0.05) is 18.2 Å². The third-order valence-corrected chi connectivity index (χ3v) is 7.08. The largest absolute Gasteiger partial charge is 0.481 e. The number of hydrogen-bond acceptors (Lipinski definition) is 8. The second-order valence-corrected chi connectivity index (χ2v) is 9.96. The van der Waals surface area contributed by atoms with Crippen molar-refractivity contribution in [3.8, 4) is 11.6 Å². The van der Waals surface area contributed by atoms with Crippen molar-refractivity contribution in [3.63, 3.8) is 0 Å². The summed E-state index contributed by atoms with van der Waals surface area (Å²) in [5.74, 6) is -2.26. The molecule has 0 radical (unpaired) electrons. The summed E-state index contributed by atoms with van der Waals surface area (Å²) in [5, 5.41) is 16.3. The number of likely N-dealkylation sites (tertiary alicyclic amines) is 1. The van der Waals surface area contributed by atoms with E-state index in [9.17, 15) is 29.1 Å². The van der Waals surface area contributed by atoms with Crippen LogP contribution in [0.4, 0.5) is 4.79 Å². The summed E-state index contributed by atoms with van der Waals surface area (Å²) < 4.78 is 12.2. The van der Waals surface area contributed by atoms with Gasteiger partial charge < -0.3 is 34.6 Å². The molecule has 1 aromatic heterocycles. The van der Waals surface area contributed by atoms with E-state index in [1.807, 2.05) is 6.07 Å². The summed E-state index contributed by atoms with van der Waals surface area (Å²) in [7, 11) is 0. The van der Waals surface area contributed by atoms with Gasteiger partial charge in [-0.25, -0.2) is 9.48 Å². The highest BCUT2D eigenvalue weighted by atomic mass is 16.6. The lowest BCUT2D eigenvalue weighted by Gasteiger charge is -2.35. The molecule has 2 fully saturated rings. The number of amides is 4. The average molecular weight is 585 g/mol. The summed E-state index contributed by atoms with van der Waals surface area (Å²) >= 11 is 0. The maximum Gasteiger partial charge on any atom is 0.409 e. The normalized spacial score (nSPS) is 15.7. The molecule has 1 atom stereocenters. The molecule has 0 aliphatic carbocycles. The van der Waals surface area contributed by atoms with Gasteiger partial charge in [0.15, 0.2) is 12.3 Å². The molecule has 4 rings (SSSR count). The lowest BCUT2D eigenvalue weighted by atomic mass is 10.1. The molecule has 1 aromatic carbocycles.